The van der Waals surface area contributed by atoms with E-state index in [1.165, 1.54) is 25.3 Å². The second kappa shape index (κ2) is 8.91. The number of aliphatic carboxylic acids is 1. The number of nitrogens with zero attached hydrogens (tertiary/aromatic N) is 1. The third-order valence-electron chi connectivity index (χ3n) is 4.28. The molecule has 1 aliphatic heterocycles. The molecule has 30 heavy (non-hydrogen) atoms. The van der Waals surface area contributed by atoms with Crippen molar-refractivity contribution >= 4 is 40.6 Å². The summed E-state index contributed by atoms with van der Waals surface area (Å²) in [6, 6.07) is 10.7. The zero-order chi connectivity index (χ0) is 21.8. The number of carbonyl (C=O) groups excluding carboxylic acids is 2. The van der Waals surface area contributed by atoms with Crippen molar-refractivity contribution in [2.45, 2.75) is 19.4 Å². The molecule has 156 valence electrons. The van der Waals surface area contributed by atoms with Crippen LogP contribution in [-0.2, 0) is 9.59 Å². The summed E-state index contributed by atoms with van der Waals surface area (Å²) in [7, 11) is 1.42. The standard InChI is InChI=1S/C21H19NO7S/c1-3-15(20(25)26)29-16-8-7-12(9-17(16)28-2)10-18-19(24)22(21(27)30-18)13-5-4-6-14(23)11-13/h4-11,15,23H,3H2,1-2H3,(H,25,26)/b18-10+. The lowest BCUT2D eigenvalue weighted by molar-refractivity contribution is -0.145. The number of methoxy groups -OCH3 is 1. The zero-order valence-corrected chi connectivity index (χ0v) is 17.0. The van der Waals surface area contributed by atoms with Gasteiger partial charge < -0.3 is 19.7 Å². The number of hydrogen-bond donors (Lipinski definition) is 2. The molecule has 0 aliphatic carbocycles. The van der Waals surface area contributed by atoms with Crippen molar-refractivity contribution in [1.29, 1.82) is 0 Å². The van der Waals surface area contributed by atoms with Crippen LogP contribution >= 0.6 is 11.8 Å². The Morgan fingerprint density at radius 2 is 1.97 bits per heavy atom. The molecule has 1 atom stereocenters. The second-order valence-electron chi connectivity index (χ2n) is 6.30. The van der Waals surface area contributed by atoms with Crippen LogP contribution in [-0.4, -0.2) is 40.5 Å². The molecule has 1 aliphatic rings. The Kier molecular flexibility index (Phi) is 6.31. The molecule has 0 aromatic heterocycles. The van der Waals surface area contributed by atoms with Gasteiger partial charge in [-0.3, -0.25) is 9.59 Å². The number of hydrogen-bond acceptors (Lipinski definition) is 7. The smallest absolute Gasteiger partial charge is 0.344 e. The Labute approximate surface area is 176 Å². The Hall–Kier alpha value is -3.46. The van der Waals surface area contributed by atoms with E-state index in [9.17, 15) is 19.5 Å². The first-order valence-corrected chi connectivity index (χ1v) is 9.80. The van der Waals surface area contributed by atoms with Gasteiger partial charge in [-0.05, 0) is 54.1 Å². The molecule has 0 radical (unpaired) electrons. The van der Waals surface area contributed by atoms with Gasteiger partial charge in [0.15, 0.2) is 17.6 Å². The van der Waals surface area contributed by atoms with E-state index in [0.717, 1.165) is 16.7 Å². The van der Waals surface area contributed by atoms with Crippen molar-refractivity contribution in [3.8, 4) is 17.2 Å². The highest BCUT2D eigenvalue weighted by atomic mass is 32.2. The first kappa shape index (κ1) is 21.3. The van der Waals surface area contributed by atoms with Crippen molar-refractivity contribution in [3.63, 3.8) is 0 Å². The van der Waals surface area contributed by atoms with Crippen LogP contribution in [0.5, 0.6) is 17.2 Å². The van der Waals surface area contributed by atoms with Crippen molar-refractivity contribution < 1.29 is 34.1 Å². The lowest BCUT2D eigenvalue weighted by Gasteiger charge is -2.16. The molecule has 8 nitrogen and oxygen atoms in total. The summed E-state index contributed by atoms with van der Waals surface area (Å²) >= 11 is 0.780. The van der Waals surface area contributed by atoms with E-state index in [4.69, 9.17) is 14.6 Å². The van der Waals surface area contributed by atoms with Gasteiger partial charge in [0.05, 0.1) is 17.7 Å². The lowest BCUT2D eigenvalue weighted by Crippen LogP contribution is -2.27. The van der Waals surface area contributed by atoms with Gasteiger partial charge in [0, 0.05) is 6.07 Å². The highest BCUT2D eigenvalue weighted by molar-refractivity contribution is 8.19. The molecule has 2 amide bonds. The maximum absolute atomic E-state index is 12.7. The summed E-state index contributed by atoms with van der Waals surface area (Å²) in [4.78, 5) is 37.5. The fourth-order valence-corrected chi connectivity index (χ4v) is 3.65. The Morgan fingerprint density at radius 1 is 1.20 bits per heavy atom. The van der Waals surface area contributed by atoms with Crippen LogP contribution in [0.4, 0.5) is 10.5 Å². The molecule has 2 aromatic carbocycles. The maximum atomic E-state index is 12.7. The van der Waals surface area contributed by atoms with Gasteiger partial charge in [0.1, 0.15) is 5.75 Å². The van der Waals surface area contributed by atoms with Crippen LogP contribution in [0.25, 0.3) is 6.08 Å². The third kappa shape index (κ3) is 4.41. The Morgan fingerprint density at radius 3 is 2.60 bits per heavy atom. The molecular formula is C21H19NO7S. The van der Waals surface area contributed by atoms with Crippen molar-refractivity contribution in [3.05, 3.63) is 52.9 Å². The van der Waals surface area contributed by atoms with Gasteiger partial charge in [-0.15, -0.1) is 0 Å². The average molecular weight is 429 g/mol. The fourth-order valence-electron chi connectivity index (χ4n) is 2.81. The molecule has 0 bridgehead atoms. The van der Waals surface area contributed by atoms with Gasteiger partial charge in [-0.2, -0.15) is 0 Å². The van der Waals surface area contributed by atoms with E-state index in [1.54, 1.807) is 37.3 Å². The Balaban J connectivity index is 1.87. The van der Waals surface area contributed by atoms with Crippen molar-refractivity contribution in [2.75, 3.05) is 12.0 Å². The number of amides is 2. The largest absolute Gasteiger partial charge is 0.508 e. The molecule has 2 aromatic rings. The SMILES string of the molecule is CCC(Oc1ccc(/C=C2/SC(=O)N(c3cccc(O)c3)C2=O)cc1OC)C(=O)O. The summed E-state index contributed by atoms with van der Waals surface area (Å²) in [5.41, 5.74) is 0.852. The highest BCUT2D eigenvalue weighted by Crippen LogP contribution is 2.37. The molecular weight excluding hydrogens is 410 g/mol. The number of carboxylic acids is 1. The van der Waals surface area contributed by atoms with Crippen LogP contribution in [0, 0.1) is 0 Å². The number of carbonyl (C=O) groups is 3. The third-order valence-corrected chi connectivity index (χ3v) is 5.15. The number of imide groups is 1. The van der Waals surface area contributed by atoms with E-state index < -0.39 is 23.2 Å². The highest BCUT2D eigenvalue weighted by Gasteiger charge is 2.36. The van der Waals surface area contributed by atoms with Gasteiger partial charge >= 0.3 is 5.97 Å². The average Bonchev–Trinajstić information content (AvgIpc) is 2.99. The summed E-state index contributed by atoms with van der Waals surface area (Å²) < 4.78 is 10.8. The van der Waals surface area contributed by atoms with Gasteiger partial charge in [0.25, 0.3) is 11.1 Å². The first-order valence-electron chi connectivity index (χ1n) is 8.98. The summed E-state index contributed by atoms with van der Waals surface area (Å²) in [6.45, 7) is 1.70. The topological polar surface area (TPSA) is 113 Å². The van der Waals surface area contributed by atoms with Gasteiger partial charge in [-0.25, -0.2) is 9.69 Å². The minimum absolute atomic E-state index is 0.0531. The minimum Gasteiger partial charge on any atom is -0.508 e. The molecule has 1 unspecified atom stereocenters. The van der Waals surface area contributed by atoms with Crippen LogP contribution < -0.4 is 14.4 Å². The molecule has 1 saturated heterocycles. The predicted molar refractivity (Wildman–Crippen MR) is 112 cm³/mol. The zero-order valence-electron chi connectivity index (χ0n) is 16.2. The summed E-state index contributed by atoms with van der Waals surface area (Å²) in [6.07, 6.45) is 0.806. The number of ether oxygens (including phenoxy) is 2. The van der Waals surface area contributed by atoms with Crippen molar-refractivity contribution in [1.82, 2.24) is 0 Å². The van der Waals surface area contributed by atoms with Crippen LogP contribution in [0.15, 0.2) is 47.4 Å². The molecule has 9 heteroatoms. The number of carboxylic acid groups (broad SMARTS) is 1. The van der Waals surface area contributed by atoms with Crippen LogP contribution in [0.3, 0.4) is 0 Å². The molecule has 0 saturated carbocycles. The monoisotopic (exact) mass is 429 g/mol. The van der Waals surface area contributed by atoms with E-state index in [-0.39, 0.29) is 28.5 Å². The number of rotatable bonds is 7. The van der Waals surface area contributed by atoms with Gasteiger partial charge in [-0.1, -0.05) is 19.1 Å². The normalized spacial score (nSPS) is 16.1. The number of thioether (sulfide) groups is 1. The lowest BCUT2D eigenvalue weighted by atomic mass is 10.1. The van der Waals surface area contributed by atoms with Crippen LogP contribution in [0.2, 0.25) is 0 Å². The number of benzene rings is 2. The number of anilines is 1. The number of phenols is 1. The van der Waals surface area contributed by atoms with E-state index in [1.807, 2.05) is 0 Å². The first-order chi connectivity index (χ1) is 14.3. The fraction of sp³-hybridized carbons (Fsp3) is 0.190. The maximum Gasteiger partial charge on any atom is 0.344 e. The van der Waals surface area contributed by atoms with E-state index >= 15 is 0 Å². The molecule has 3 rings (SSSR count). The minimum atomic E-state index is -1.08. The number of phenolic OH excluding ortho intramolecular Hbond substituents is 1. The Bertz CT molecular complexity index is 1030. The molecule has 0 spiro atoms. The summed E-state index contributed by atoms with van der Waals surface area (Å²) in [5.74, 6) is -1.08. The predicted octanol–water partition coefficient (Wildman–Crippen LogP) is 3.88. The van der Waals surface area contributed by atoms with Crippen molar-refractivity contribution in [2.24, 2.45) is 0 Å². The molecule has 2 N–H and O–H groups in total. The molecule has 1 heterocycles. The summed E-state index contributed by atoms with van der Waals surface area (Å²) in [5, 5.41) is 18.3. The number of aromatic hydroxyl groups is 1. The van der Waals surface area contributed by atoms with Crippen LogP contribution in [0.1, 0.15) is 18.9 Å². The second-order valence-corrected chi connectivity index (χ2v) is 7.29. The van der Waals surface area contributed by atoms with E-state index in [0.29, 0.717) is 11.3 Å². The quantitative estimate of drug-likeness (QED) is 0.638. The van der Waals surface area contributed by atoms with E-state index in [2.05, 4.69) is 0 Å². The molecule has 1 fully saturated rings. The van der Waals surface area contributed by atoms with Gasteiger partial charge in [0.2, 0.25) is 0 Å².